The van der Waals surface area contributed by atoms with Gasteiger partial charge in [0.15, 0.2) is 5.96 Å². The molecular formula is C13H21F3IN5. The maximum Gasteiger partial charge on any atom is 0.406 e. The van der Waals surface area contributed by atoms with Crippen LogP contribution in [0, 0.1) is 0 Å². The van der Waals surface area contributed by atoms with Crippen molar-refractivity contribution in [3.05, 3.63) is 18.2 Å². The Labute approximate surface area is 144 Å². The Morgan fingerprint density at radius 1 is 1.41 bits per heavy atom. The van der Waals surface area contributed by atoms with E-state index in [2.05, 4.69) is 20.6 Å². The van der Waals surface area contributed by atoms with Crippen LogP contribution in [0.15, 0.2) is 17.4 Å². The van der Waals surface area contributed by atoms with Gasteiger partial charge in [0.25, 0.3) is 0 Å². The van der Waals surface area contributed by atoms with Crippen LogP contribution in [0.4, 0.5) is 13.2 Å². The van der Waals surface area contributed by atoms with E-state index >= 15 is 0 Å². The van der Waals surface area contributed by atoms with E-state index < -0.39 is 12.7 Å². The van der Waals surface area contributed by atoms with E-state index in [1.54, 1.807) is 7.05 Å². The highest BCUT2D eigenvalue weighted by Crippen LogP contribution is 2.18. The Kier molecular flexibility index (Phi) is 7.43. The van der Waals surface area contributed by atoms with Gasteiger partial charge in [0.1, 0.15) is 12.4 Å². The molecule has 0 spiro atoms. The van der Waals surface area contributed by atoms with Crippen molar-refractivity contribution in [2.24, 2.45) is 4.99 Å². The van der Waals surface area contributed by atoms with Gasteiger partial charge in [0, 0.05) is 25.5 Å². The topological polar surface area (TPSA) is 54.2 Å². The smallest absolute Gasteiger partial charge is 0.354 e. The first kappa shape index (κ1) is 19.0. The highest BCUT2D eigenvalue weighted by molar-refractivity contribution is 14.0. The molecular weight excluding hydrogens is 410 g/mol. The number of halogens is 4. The molecule has 1 fully saturated rings. The van der Waals surface area contributed by atoms with Gasteiger partial charge >= 0.3 is 6.18 Å². The maximum absolute atomic E-state index is 12.4. The summed E-state index contributed by atoms with van der Waals surface area (Å²) in [5.41, 5.74) is 0. The molecule has 0 atom stereocenters. The fourth-order valence-corrected chi connectivity index (χ4v) is 2.47. The molecule has 5 nitrogen and oxygen atoms in total. The summed E-state index contributed by atoms with van der Waals surface area (Å²) >= 11 is 0. The Bertz CT molecular complexity index is 480. The second kappa shape index (κ2) is 8.59. The summed E-state index contributed by atoms with van der Waals surface area (Å²) in [5, 5.41) is 6.29. The molecule has 22 heavy (non-hydrogen) atoms. The van der Waals surface area contributed by atoms with Crippen LogP contribution in [0.25, 0.3) is 0 Å². The summed E-state index contributed by atoms with van der Waals surface area (Å²) in [4.78, 5) is 8.05. The number of hydrogen-bond donors (Lipinski definition) is 2. The zero-order valence-electron chi connectivity index (χ0n) is 12.4. The van der Waals surface area contributed by atoms with Gasteiger partial charge in [-0.15, -0.1) is 24.0 Å². The molecule has 0 aliphatic heterocycles. The number of aromatic nitrogens is 2. The number of rotatable bonds is 4. The van der Waals surface area contributed by atoms with Crippen molar-refractivity contribution in [2.45, 2.75) is 51.0 Å². The minimum atomic E-state index is -4.25. The van der Waals surface area contributed by atoms with Gasteiger partial charge in [0.2, 0.25) is 0 Å². The van der Waals surface area contributed by atoms with Crippen molar-refractivity contribution in [1.29, 1.82) is 0 Å². The monoisotopic (exact) mass is 431 g/mol. The Hall–Kier alpha value is -1.00. The van der Waals surface area contributed by atoms with E-state index in [4.69, 9.17) is 0 Å². The quantitative estimate of drug-likeness (QED) is 0.438. The maximum atomic E-state index is 12.4. The fourth-order valence-electron chi connectivity index (χ4n) is 2.47. The van der Waals surface area contributed by atoms with Crippen LogP contribution in [0.5, 0.6) is 0 Å². The molecule has 0 bridgehead atoms. The molecule has 2 rings (SSSR count). The lowest BCUT2D eigenvalue weighted by atomic mass is 10.2. The molecule has 1 saturated carbocycles. The first-order valence-electron chi connectivity index (χ1n) is 7.02. The van der Waals surface area contributed by atoms with E-state index in [1.165, 1.54) is 25.2 Å². The van der Waals surface area contributed by atoms with Crippen molar-refractivity contribution < 1.29 is 13.2 Å². The first-order chi connectivity index (χ1) is 9.98. The average Bonchev–Trinajstić information content (AvgIpc) is 3.04. The third-order valence-electron chi connectivity index (χ3n) is 3.48. The highest BCUT2D eigenvalue weighted by atomic mass is 127. The molecule has 0 aromatic carbocycles. The number of hydrogen-bond acceptors (Lipinski definition) is 2. The second-order valence-electron chi connectivity index (χ2n) is 5.14. The highest BCUT2D eigenvalue weighted by Gasteiger charge is 2.28. The molecule has 0 radical (unpaired) electrons. The van der Waals surface area contributed by atoms with Crippen LogP contribution in [-0.4, -0.2) is 34.8 Å². The summed E-state index contributed by atoms with van der Waals surface area (Å²) < 4.78 is 38.4. The van der Waals surface area contributed by atoms with Gasteiger partial charge in [-0.05, 0) is 12.8 Å². The summed E-state index contributed by atoms with van der Waals surface area (Å²) in [6.45, 7) is -0.825. The van der Waals surface area contributed by atoms with Gasteiger partial charge in [-0.2, -0.15) is 13.2 Å². The number of nitrogens with zero attached hydrogens (tertiary/aromatic N) is 3. The molecule has 2 N–H and O–H groups in total. The van der Waals surface area contributed by atoms with Crippen LogP contribution < -0.4 is 10.6 Å². The molecule has 1 aliphatic rings. The number of alkyl halides is 3. The van der Waals surface area contributed by atoms with Crippen molar-refractivity contribution in [3.8, 4) is 0 Å². The minimum absolute atomic E-state index is 0. The molecule has 1 aromatic heterocycles. The van der Waals surface area contributed by atoms with Gasteiger partial charge in [-0.1, -0.05) is 12.8 Å². The van der Waals surface area contributed by atoms with E-state index in [0.717, 1.165) is 17.4 Å². The average molecular weight is 431 g/mol. The fraction of sp³-hybridized carbons (Fsp3) is 0.692. The normalized spacial score (nSPS) is 16.5. The molecule has 126 valence electrons. The van der Waals surface area contributed by atoms with Gasteiger partial charge in [-0.25, -0.2) is 4.98 Å². The predicted molar refractivity (Wildman–Crippen MR) is 89.3 cm³/mol. The van der Waals surface area contributed by atoms with Crippen LogP contribution in [-0.2, 0) is 13.1 Å². The van der Waals surface area contributed by atoms with E-state index in [-0.39, 0.29) is 30.5 Å². The summed E-state index contributed by atoms with van der Waals surface area (Å²) in [7, 11) is 1.65. The van der Waals surface area contributed by atoms with Crippen LogP contribution >= 0.6 is 24.0 Å². The summed E-state index contributed by atoms with van der Waals surface area (Å²) in [5.74, 6) is 0.935. The van der Waals surface area contributed by atoms with Gasteiger partial charge in [-0.3, -0.25) is 4.99 Å². The largest absolute Gasteiger partial charge is 0.406 e. The summed E-state index contributed by atoms with van der Waals surface area (Å²) in [6.07, 6.45) is 3.05. The van der Waals surface area contributed by atoms with E-state index in [1.807, 2.05) is 0 Å². The molecule has 0 amide bonds. The number of nitrogens with one attached hydrogen (secondary N) is 2. The van der Waals surface area contributed by atoms with Crippen LogP contribution in [0.1, 0.15) is 31.5 Å². The third kappa shape index (κ3) is 6.01. The zero-order chi connectivity index (χ0) is 15.3. The summed E-state index contributed by atoms with van der Waals surface area (Å²) in [6, 6.07) is 0.395. The minimum Gasteiger partial charge on any atom is -0.354 e. The van der Waals surface area contributed by atoms with Crippen molar-refractivity contribution in [2.75, 3.05) is 7.05 Å². The third-order valence-corrected chi connectivity index (χ3v) is 3.48. The molecule has 0 saturated heterocycles. The molecule has 1 aromatic rings. The van der Waals surface area contributed by atoms with Crippen LogP contribution in [0.3, 0.4) is 0 Å². The molecule has 1 aliphatic carbocycles. The van der Waals surface area contributed by atoms with Crippen molar-refractivity contribution >= 4 is 29.9 Å². The number of imidazole rings is 1. The Morgan fingerprint density at radius 2 is 2.09 bits per heavy atom. The Morgan fingerprint density at radius 3 is 2.68 bits per heavy atom. The SMILES string of the molecule is CN=C(NCc1nccn1CC(F)(F)F)NC1CCCC1.I. The van der Waals surface area contributed by atoms with E-state index in [9.17, 15) is 13.2 Å². The van der Waals surface area contributed by atoms with Crippen molar-refractivity contribution in [1.82, 2.24) is 20.2 Å². The van der Waals surface area contributed by atoms with E-state index in [0.29, 0.717) is 17.8 Å². The van der Waals surface area contributed by atoms with Crippen molar-refractivity contribution in [3.63, 3.8) is 0 Å². The van der Waals surface area contributed by atoms with Gasteiger partial charge < -0.3 is 15.2 Å². The standard InChI is InChI=1S/C13H20F3N5.HI/c1-17-12(20-10-4-2-3-5-10)19-8-11-18-6-7-21(11)9-13(14,15)16;/h6-7,10H,2-5,8-9H2,1H3,(H2,17,19,20);1H. The lowest BCUT2D eigenvalue weighted by Crippen LogP contribution is -2.42. The molecule has 0 unspecified atom stereocenters. The Balaban J connectivity index is 0.00000242. The van der Waals surface area contributed by atoms with Gasteiger partial charge in [0.05, 0.1) is 6.54 Å². The number of guanidine groups is 1. The zero-order valence-corrected chi connectivity index (χ0v) is 14.7. The predicted octanol–water partition coefficient (Wildman–Crippen LogP) is 2.67. The lowest BCUT2D eigenvalue weighted by molar-refractivity contribution is -0.141. The number of aliphatic imine (C=N–C) groups is 1. The lowest BCUT2D eigenvalue weighted by Gasteiger charge is -2.17. The molecule has 9 heteroatoms. The molecule has 1 heterocycles. The first-order valence-corrected chi connectivity index (χ1v) is 7.02. The van der Waals surface area contributed by atoms with Crippen LogP contribution in [0.2, 0.25) is 0 Å². The second-order valence-corrected chi connectivity index (χ2v) is 5.14.